The molecule has 0 radical (unpaired) electrons. The number of aryl methyl sites for hydroxylation is 2. The first-order chi connectivity index (χ1) is 13.1. The zero-order valence-electron chi connectivity index (χ0n) is 15.1. The van der Waals surface area contributed by atoms with Crippen LogP contribution in [0.25, 0.3) is 15.3 Å². The van der Waals surface area contributed by atoms with Crippen LogP contribution in [-0.4, -0.2) is 20.7 Å². The Morgan fingerprint density at radius 2 is 1.89 bits per heavy atom. The summed E-state index contributed by atoms with van der Waals surface area (Å²) in [7, 11) is 0. The summed E-state index contributed by atoms with van der Waals surface area (Å²) in [4.78, 5) is 17.2. The molecule has 0 spiro atoms. The molecule has 0 bridgehead atoms. The highest BCUT2D eigenvalue weighted by Gasteiger charge is 2.33. The van der Waals surface area contributed by atoms with Crippen LogP contribution in [0.15, 0.2) is 48.5 Å². The monoisotopic (exact) mass is 374 g/mol. The number of para-hydroxylation sites is 1. The maximum atomic E-state index is 12.5. The number of hydrogen-bond donors (Lipinski definition) is 1. The van der Waals surface area contributed by atoms with Crippen molar-refractivity contribution in [1.29, 1.82) is 0 Å². The van der Waals surface area contributed by atoms with E-state index in [0.717, 1.165) is 32.4 Å². The van der Waals surface area contributed by atoms with Gasteiger partial charge in [-0.1, -0.05) is 47.7 Å². The van der Waals surface area contributed by atoms with Crippen LogP contribution in [0.3, 0.4) is 0 Å². The highest BCUT2D eigenvalue weighted by Crippen LogP contribution is 2.41. The topological polar surface area (TPSA) is 59.8 Å². The van der Waals surface area contributed by atoms with E-state index in [2.05, 4.69) is 24.4 Å². The summed E-state index contributed by atoms with van der Waals surface area (Å²) in [5.74, 6) is 0.771. The van der Waals surface area contributed by atoms with Gasteiger partial charge in [0.1, 0.15) is 5.82 Å². The molecular weight excluding hydrogens is 356 g/mol. The van der Waals surface area contributed by atoms with Gasteiger partial charge < -0.3 is 5.32 Å². The lowest BCUT2D eigenvalue weighted by Crippen LogP contribution is -2.25. The van der Waals surface area contributed by atoms with Gasteiger partial charge in [0.25, 0.3) is 0 Å². The van der Waals surface area contributed by atoms with Gasteiger partial charge in [0.15, 0.2) is 0 Å². The van der Waals surface area contributed by atoms with E-state index in [4.69, 9.17) is 10.1 Å². The molecule has 2 aromatic heterocycles. The summed E-state index contributed by atoms with van der Waals surface area (Å²) in [6.45, 7) is 4.10. The number of thiazole rings is 1. The molecule has 134 valence electrons. The standard InChI is InChI=1S/C21H18N4OS/c1-12-7-3-4-8-14(12)15-11-18(26)23-20-19(15)13(2)24-25(20)21-22-16-9-5-6-10-17(16)27-21/h3-10,15H,11H2,1-2H3,(H,23,26). The van der Waals surface area contributed by atoms with Gasteiger partial charge in [-0.3, -0.25) is 4.79 Å². The maximum absolute atomic E-state index is 12.5. The minimum atomic E-state index is 0.0121. The van der Waals surface area contributed by atoms with E-state index >= 15 is 0 Å². The molecule has 3 heterocycles. The Hall–Kier alpha value is -2.99. The van der Waals surface area contributed by atoms with Gasteiger partial charge in [-0.25, -0.2) is 4.98 Å². The fourth-order valence-corrected chi connectivity index (χ4v) is 4.80. The van der Waals surface area contributed by atoms with Gasteiger partial charge in [0.05, 0.1) is 15.9 Å². The van der Waals surface area contributed by atoms with E-state index in [-0.39, 0.29) is 11.8 Å². The third-order valence-corrected chi connectivity index (χ3v) is 6.14. The van der Waals surface area contributed by atoms with Crippen molar-refractivity contribution in [1.82, 2.24) is 14.8 Å². The first-order valence-corrected chi connectivity index (χ1v) is 9.74. The van der Waals surface area contributed by atoms with Crippen LogP contribution in [-0.2, 0) is 4.79 Å². The molecule has 0 fully saturated rings. The molecule has 1 aliphatic rings. The minimum absolute atomic E-state index is 0.0121. The van der Waals surface area contributed by atoms with E-state index in [1.165, 1.54) is 11.1 Å². The normalized spacial score (nSPS) is 16.4. The van der Waals surface area contributed by atoms with Crippen molar-refractivity contribution < 1.29 is 4.79 Å². The van der Waals surface area contributed by atoms with E-state index in [1.54, 1.807) is 16.0 Å². The molecule has 1 N–H and O–H groups in total. The molecular formula is C21H18N4OS. The zero-order chi connectivity index (χ0) is 18.5. The third kappa shape index (κ3) is 2.56. The Bertz CT molecular complexity index is 1160. The SMILES string of the molecule is Cc1ccccc1C1CC(=O)Nc2c1c(C)nn2-c1nc2ccccc2s1. The first-order valence-electron chi connectivity index (χ1n) is 8.92. The Kier molecular flexibility index (Phi) is 3.62. The van der Waals surface area contributed by atoms with Crippen LogP contribution in [0, 0.1) is 13.8 Å². The van der Waals surface area contributed by atoms with Crippen molar-refractivity contribution in [3.8, 4) is 5.13 Å². The second-order valence-electron chi connectivity index (χ2n) is 6.89. The Morgan fingerprint density at radius 3 is 2.70 bits per heavy atom. The highest BCUT2D eigenvalue weighted by atomic mass is 32.1. The maximum Gasteiger partial charge on any atom is 0.226 e. The summed E-state index contributed by atoms with van der Waals surface area (Å²) in [6.07, 6.45) is 0.435. The lowest BCUT2D eigenvalue weighted by Gasteiger charge is -2.25. The van der Waals surface area contributed by atoms with Gasteiger partial charge in [0, 0.05) is 17.9 Å². The molecule has 2 aromatic carbocycles. The largest absolute Gasteiger partial charge is 0.310 e. The number of anilines is 1. The predicted octanol–water partition coefficient (Wildman–Crippen LogP) is 4.57. The third-order valence-electron chi connectivity index (χ3n) is 5.13. The number of nitrogens with zero attached hydrogens (tertiary/aromatic N) is 3. The number of amides is 1. The van der Waals surface area contributed by atoms with Crippen LogP contribution >= 0.6 is 11.3 Å². The van der Waals surface area contributed by atoms with Crippen molar-refractivity contribution in [2.75, 3.05) is 5.32 Å². The van der Waals surface area contributed by atoms with Crippen molar-refractivity contribution in [3.05, 3.63) is 70.9 Å². The number of carbonyl (C=O) groups excluding carboxylic acids is 1. The predicted molar refractivity (Wildman–Crippen MR) is 108 cm³/mol. The second kappa shape index (κ2) is 6.03. The lowest BCUT2D eigenvalue weighted by molar-refractivity contribution is -0.116. The molecule has 27 heavy (non-hydrogen) atoms. The number of hydrogen-bond acceptors (Lipinski definition) is 4. The fraction of sp³-hybridized carbons (Fsp3) is 0.190. The summed E-state index contributed by atoms with van der Waals surface area (Å²) in [5, 5.41) is 8.56. The summed E-state index contributed by atoms with van der Waals surface area (Å²) < 4.78 is 2.89. The van der Waals surface area contributed by atoms with Crippen LogP contribution in [0.4, 0.5) is 5.82 Å². The molecule has 0 aliphatic carbocycles. The fourth-order valence-electron chi connectivity index (χ4n) is 3.88. The van der Waals surface area contributed by atoms with Crippen molar-refractivity contribution in [2.45, 2.75) is 26.2 Å². The Morgan fingerprint density at radius 1 is 1.11 bits per heavy atom. The average Bonchev–Trinajstić information content (AvgIpc) is 3.22. The van der Waals surface area contributed by atoms with E-state index in [0.29, 0.717) is 6.42 Å². The van der Waals surface area contributed by atoms with Crippen LogP contribution in [0.1, 0.15) is 34.7 Å². The smallest absolute Gasteiger partial charge is 0.226 e. The number of benzene rings is 2. The van der Waals surface area contributed by atoms with Gasteiger partial charge in [-0.2, -0.15) is 9.78 Å². The van der Waals surface area contributed by atoms with Crippen molar-refractivity contribution >= 4 is 33.3 Å². The molecule has 5 nitrogen and oxygen atoms in total. The molecule has 5 rings (SSSR count). The quantitative estimate of drug-likeness (QED) is 0.559. The first kappa shape index (κ1) is 16.2. The zero-order valence-corrected chi connectivity index (χ0v) is 15.9. The number of fused-ring (bicyclic) bond motifs is 2. The van der Waals surface area contributed by atoms with Gasteiger partial charge in [-0.05, 0) is 37.1 Å². The molecule has 0 saturated carbocycles. The highest BCUT2D eigenvalue weighted by molar-refractivity contribution is 7.20. The number of aromatic nitrogens is 3. The molecule has 1 atom stereocenters. The molecule has 0 saturated heterocycles. The van der Waals surface area contributed by atoms with Crippen molar-refractivity contribution in [3.63, 3.8) is 0 Å². The summed E-state index contributed by atoms with van der Waals surface area (Å²) in [5.41, 5.74) is 5.33. The van der Waals surface area contributed by atoms with Crippen LogP contribution < -0.4 is 5.32 Å². The molecule has 1 unspecified atom stereocenters. The van der Waals surface area contributed by atoms with E-state index in [1.807, 2.05) is 43.3 Å². The van der Waals surface area contributed by atoms with Gasteiger partial charge in [0.2, 0.25) is 11.0 Å². The van der Waals surface area contributed by atoms with E-state index in [9.17, 15) is 4.79 Å². The summed E-state index contributed by atoms with van der Waals surface area (Å²) in [6, 6.07) is 16.3. The molecule has 4 aromatic rings. The number of carbonyl (C=O) groups is 1. The van der Waals surface area contributed by atoms with Crippen LogP contribution in [0.5, 0.6) is 0 Å². The van der Waals surface area contributed by atoms with Crippen LogP contribution in [0.2, 0.25) is 0 Å². The van der Waals surface area contributed by atoms with Crippen molar-refractivity contribution in [2.24, 2.45) is 0 Å². The summed E-state index contributed by atoms with van der Waals surface area (Å²) >= 11 is 1.58. The Labute approximate surface area is 160 Å². The second-order valence-corrected chi connectivity index (χ2v) is 7.89. The molecule has 1 aliphatic heterocycles. The lowest BCUT2D eigenvalue weighted by atomic mass is 9.84. The van der Waals surface area contributed by atoms with Gasteiger partial charge in [-0.15, -0.1) is 0 Å². The number of nitrogens with one attached hydrogen (secondary N) is 1. The average molecular weight is 374 g/mol. The molecule has 6 heteroatoms. The molecule has 1 amide bonds. The Balaban J connectivity index is 1.70. The minimum Gasteiger partial charge on any atom is -0.310 e. The van der Waals surface area contributed by atoms with Gasteiger partial charge >= 0.3 is 0 Å². The van der Waals surface area contributed by atoms with E-state index < -0.39 is 0 Å². The number of rotatable bonds is 2.